The van der Waals surface area contributed by atoms with E-state index < -0.39 is 0 Å². The maximum atomic E-state index is 12.0. The minimum absolute atomic E-state index is 0.0854. The third-order valence-corrected chi connectivity index (χ3v) is 4.44. The van der Waals surface area contributed by atoms with Gasteiger partial charge < -0.3 is 19.7 Å². The maximum Gasteiger partial charge on any atom is 0.220 e. The van der Waals surface area contributed by atoms with Crippen molar-refractivity contribution in [1.29, 1.82) is 0 Å². The molecule has 0 aromatic heterocycles. The molecule has 0 unspecified atom stereocenters. The average molecular weight is 354 g/mol. The molecule has 5 nitrogen and oxygen atoms in total. The summed E-state index contributed by atoms with van der Waals surface area (Å²) in [6.07, 6.45) is 2.10. The Morgan fingerprint density at radius 2 is 1.85 bits per heavy atom. The Labute approximate surface area is 154 Å². The Hall–Kier alpha value is -2.69. The van der Waals surface area contributed by atoms with Gasteiger partial charge in [0.1, 0.15) is 13.2 Å². The predicted octanol–water partition coefficient (Wildman–Crippen LogP) is 3.03. The molecule has 2 aromatic carbocycles. The van der Waals surface area contributed by atoms with E-state index in [0.29, 0.717) is 32.6 Å². The number of hydrogen-bond donors (Lipinski definition) is 1. The summed E-state index contributed by atoms with van der Waals surface area (Å²) in [5, 5.41) is 3.00. The summed E-state index contributed by atoms with van der Waals surface area (Å²) in [4.78, 5) is 14.2. The zero-order chi connectivity index (χ0) is 18.2. The van der Waals surface area contributed by atoms with Gasteiger partial charge in [0.05, 0.1) is 0 Å². The second kappa shape index (κ2) is 9.13. The van der Waals surface area contributed by atoms with Crippen LogP contribution in [0.25, 0.3) is 0 Å². The van der Waals surface area contributed by atoms with Crippen molar-refractivity contribution in [2.75, 3.05) is 38.3 Å². The van der Waals surface area contributed by atoms with E-state index in [-0.39, 0.29) is 5.91 Å². The van der Waals surface area contributed by atoms with Crippen molar-refractivity contribution in [3.8, 4) is 11.5 Å². The molecule has 0 saturated heterocycles. The van der Waals surface area contributed by atoms with Crippen molar-refractivity contribution in [1.82, 2.24) is 5.32 Å². The zero-order valence-corrected chi connectivity index (χ0v) is 15.2. The number of hydrogen-bond acceptors (Lipinski definition) is 4. The molecular formula is C21H26N2O3. The van der Waals surface area contributed by atoms with Crippen LogP contribution in [-0.2, 0) is 11.2 Å². The number of aryl methyl sites for hydroxylation is 1. The first-order valence-electron chi connectivity index (χ1n) is 9.14. The van der Waals surface area contributed by atoms with Gasteiger partial charge in [-0.2, -0.15) is 0 Å². The number of rotatable bonds is 8. The van der Waals surface area contributed by atoms with Crippen LogP contribution in [0.1, 0.15) is 18.4 Å². The molecular weight excluding hydrogens is 328 g/mol. The van der Waals surface area contributed by atoms with Gasteiger partial charge in [0.2, 0.25) is 5.91 Å². The van der Waals surface area contributed by atoms with Crippen molar-refractivity contribution >= 4 is 11.6 Å². The van der Waals surface area contributed by atoms with Crippen LogP contribution >= 0.6 is 0 Å². The van der Waals surface area contributed by atoms with E-state index in [4.69, 9.17) is 9.47 Å². The molecule has 0 spiro atoms. The highest BCUT2D eigenvalue weighted by molar-refractivity contribution is 5.76. The van der Waals surface area contributed by atoms with Crippen molar-refractivity contribution < 1.29 is 14.3 Å². The fraction of sp³-hybridized carbons (Fsp3) is 0.381. The summed E-state index contributed by atoms with van der Waals surface area (Å²) in [5.41, 5.74) is 2.28. The lowest BCUT2D eigenvalue weighted by atomic mass is 10.1. The van der Waals surface area contributed by atoms with Crippen LogP contribution < -0.4 is 19.7 Å². The minimum atomic E-state index is 0.0854. The lowest BCUT2D eigenvalue weighted by Crippen LogP contribution is -2.28. The van der Waals surface area contributed by atoms with E-state index in [0.717, 1.165) is 30.0 Å². The van der Waals surface area contributed by atoms with Gasteiger partial charge in [-0.1, -0.05) is 24.3 Å². The molecule has 0 atom stereocenters. The minimum Gasteiger partial charge on any atom is -0.486 e. The van der Waals surface area contributed by atoms with Gasteiger partial charge in [-0.3, -0.25) is 4.79 Å². The standard InChI is InChI=1S/C21H26N2O3/c1-23(18-6-3-2-4-7-18)13-5-12-22-21(24)11-9-17-8-10-19-20(16-17)26-15-14-25-19/h2-4,6-8,10,16H,5,9,11-15H2,1H3,(H,22,24). The number of fused-ring (bicyclic) bond motifs is 1. The summed E-state index contributed by atoms with van der Waals surface area (Å²) in [6.45, 7) is 2.77. The smallest absolute Gasteiger partial charge is 0.220 e. The molecule has 0 bridgehead atoms. The molecule has 0 fully saturated rings. The Morgan fingerprint density at radius 1 is 1.08 bits per heavy atom. The summed E-state index contributed by atoms with van der Waals surface area (Å²) >= 11 is 0. The molecule has 3 rings (SSSR count). The van der Waals surface area contributed by atoms with E-state index in [1.54, 1.807) is 0 Å². The van der Waals surface area contributed by atoms with Crippen molar-refractivity contribution in [3.63, 3.8) is 0 Å². The molecule has 0 aliphatic carbocycles. The highest BCUT2D eigenvalue weighted by atomic mass is 16.6. The fourth-order valence-corrected chi connectivity index (χ4v) is 2.95. The number of amides is 1. The second-order valence-electron chi connectivity index (χ2n) is 6.44. The molecule has 1 amide bonds. The largest absolute Gasteiger partial charge is 0.486 e. The first-order valence-corrected chi connectivity index (χ1v) is 9.14. The quantitative estimate of drug-likeness (QED) is 0.741. The number of nitrogens with zero attached hydrogens (tertiary/aromatic N) is 1. The number of carbonyl (C=O) groups is 1. The Kier molecular flexibility index (Phi) is 6.36. The number of nitrogens with one attached hydrogen (secondary N) is 1. The lowest BCUT2D eigenvalue weighted by Gasteiger charge is -2.19. The lowest BCUT2D eigenvalue weighted by molar-refractivity contribution is -0.121. The average Bonchev–Trinajstić information content (AvgIpc) is 2.70. The van der Waals surface area contributed by atoms with Gasteiger partial charge in [-0.05, 0) is 42.7 Å². The molecule has 0 saturated carbocycles. The van der Waals surface area contributed by atoms with Gasteiger partial charge in [-0.25, -0.2) is 0 Å². The highest BCUT2D eigenvalue weighted by Gasteiger charge is 2.12. The SMILES string of the molecule is CN(CCCNC(=O)CCc1ccc2c(c1)OCCO2)c1ccccc1. The van der Waals surface area contributed by atoms with Gasteiger partial charge in [0, 0.05) is 32.2 Å². The van der Waals surface area contributed by atoms with Crippen LogP contribution in [-0.4, -0.2) is 39.3 Å². The van der Waals surface area contributed by atoms with Crippen LogP contribution in [0.5, 0.6) is 11.5 Å². The summed E-state index contributed by atoms with van der Waals surface area (Å²) < 4.78 is 11.1. The predicted molar refractivity (Wildman–Crippen MR) is 103 cm³/mol. The van der Waals surface area contributed by atoms with E-state index in [2.05, 4.69) is 29.4 Å². The molecule has 1 N–H and O–H groups in total. The first-order chi connectivity index (χ1) is 12.7. The third kappa shape index (κ3) is 5.15. The van der Waals surface area contributed by atoms with Gasteiger partial charge >= 0.3 is 0 Å². The normalized spacial score (nSPS) is 12.5. The van der Waals surface area contributed by atoms with Gasteiger partial charge in [0.15, 0.2) is 11.5 Å². The number of ether oxygens (including phenoxy) is 2. The topological polar surface area (TPSA) is 50.8 Å². The zero-order valence-electron chi connectivity index (χ0n) is 15.2. The van der Waals surface area contributed by atoms with Crippen LogP contribution in [0.3, 0.4) is 0 Å². The molecule has 1 aliphatic heterocycles. The van der Waals surface area contributed by atoms with Crippen molar-refractivity contribution in [2.45, 2.75) is 19.3 Å². The van der Waals surface area contributed by atoms with E-state index in [9.17, 15) is 4.79 Å². The van der Waals surface area contributed by atoms with E-state index in [1.807, 2.05) is 36.4 Å². The molecule has 1 aliphatic rings. The highest BCUT2D eigenvalue weighted by Crippen LogP contribution is 2.31. The number of carbonyl (C=O) groups excluding carboxylic acids is 1. The third-order valence-electron chi connectivity index (χ3n) is 4.44. The maximum absolute atomic E-state index is 12.0. The Balaban J connectivity index is 1.34. The molecule has 2 aromatic rings. The monoisotopic (exact) mass is 354 g/mol. The van der Waals surface area contributed by atoms with Crippen LogP contribution in [0.15, 0.2) is 48.5 Å². The molecule has 138 valence electrons. The van der Waals surface area contributed by atoms with Crippen molar-refractivity contribution in [2.24, 2.45) is 0 Å². The second-order valence-corrected chi connectivity index (χ2v) is 6.44. The Morgan fingerprint density at radius 3 is 2.65 bits per heavy atom. The van der Waals surface area contributed by atoms with Crippen LogP contribution in [0.2, 0.25) is 0 Å². The molecule has 0 radical (unpaired) electrons. The summed E-state index contributed by atoms with van der Waals surface area (Å²) in [7, 11) is 2.07. The Bertz CT molecular complexity index is 718. The van der Waals surface area contributed by atoms with E-state index >= 15 is 0 Å². The van der Waals surface area contributed by atoms with Gasteiger partial charge in [-0.15, -0.1) is 0 Å². The molecule has 26 heavy (non-hydrogen) atoms. The molecule has 1 heterocycles. The number of anilines is 1. The summed E-state index contributed by atoms with van der Waals surface area (Å²) in [6, 6.07) is 16.1. The van der Waals surface area contributed by atoms with Crippen LogP contribution in [0, 0.1) is 0 Å². The summed E-state index contributed by atoms with van der Waals surface area (Å²) in [5.74, 6) is 1.65. The van der Waals surface area contributed by atoms with E-state index in [1.165, 1.54) is 5.69 Å². The number of benzene rings is 2. The van der Waals surface area contributed by atoms with Gasteiger partial charge in [0.25, 0.3) is 0 Å². The first kappa shape index (κ1) is 18.1. The molecule has 5 heteroatoms. The van der Waals surface area contributed by atoms with Crippen molar-refractivity contribution in [3.05, 3.63) is 54.1 Å². The fourth-order valence-electron chi connectivity index (χ4n) is 2.95. The van der Waals surface area contributed by atoms with Crippen LogP contribution in [0.4, 0.5) is 5.69 Å². The number of para-hydroxylation sites is 1.